The van der Waals surface area contributed by atoms with E-state index in [-0.39, 0.29) is 4.90 Å². The van der Waals surface area contributed by atoms with E-state index in [2.05, 4.69) is 13.8 Å². The zero-order chi connectivity index (χ0) is 24.3. The number of sulfonamides is 1. The van der Waals surface area contributed by atoms with Gasteiger partial charge in [-0.25, -0.2) is 8.42 Å². The molecule has 5 nitrogen and oxygen atoms in total. The maximum absolute atomic E-state index is 13.5. The first kappa shape index (κ1) is 24.8. The van der Waals surface area contributed by atoms with Crippen molar-refractivity contribution >= 4 is 33.2 Å². The smallest absolute Gasteiger partial charge is 0.278 e. The highest BCUT2D eigenvalue weighted by Gasteiger charge is 2.32. The van der Waals surface area contributed by atoms with Gasteiger partial charge in [-0.3, -0.25) is 4.79 Å². The SMILES string of the molecule is Cc1ccc(C)c(N(C(=O)COc2ccc(C(C)C)c(C)c2)S(=O)(=O)c2ccc(Cl)cc2)c1. The molecule has 0 spiro atoms. The summed E-state index contributed by atoms with van der Waals surface area (Å²) in [6.45, 7) is 9.38. The molecule has 0 heterocycles. The normalized spacial score (nSPS) is 11.5. The minimum atomic E-state index is -4.19. The van der Waals surface area contributed by atoms with Gasteiger partial charge in [0.25, 0.3) is 15.9 Å². The second-order valence-corrected chi connectivity index (χ2v) is 10.6. The number of hydrogen-bond acceptors (Lipinski definition) is 4. The van der Waals surface area contributed by atoms with E-state index in [0.717, 1.165) is 15.4 Å². The van der Waals surface area contributed by atoms with Gasteiger partial charge >= 0.3 is 0 Å². The topological polar surface area (TPSA) is 63.7 Å². The van der Waals surface area contributed by atoms with Crippen LogP contribution in [0.2, 0.25) is 5.02 Å². The van der Waals surface area contributed by atoms with E-state index in [4.69, 9.17) is 16.3 Å². The standard InChI is InChI=1S/C26H28ClNO4S/c1-17(2)24-13-10-22(15-20(24)5)32-16-26(29)28(25-14-18(3)6-7-19(25)4)33(30,31)23-11-8-21(27)9-12-23/h6-15,17H,16H2,1-5H3. The molecular weight excluding hydrogens is 458 g/mol. The van der Waals surface area contributed by atoms with E-state index in [1.807, 2.05) is 32.0 Å². The van der Waals surface area contributed by atoms with Gasteiger partial charge in [-0.05, 0) is 91.4 Å². The number of ether oxygens (including phenoxy) is 1. The molecule has 1 amide bonds. The lowest BCUT2D eigenvalue weighted by Gasteiger charge is -2.25. The molecule has 0 aliphatic carbocycles. The fourth-order valence-corrected chi connectivity index (χ4v) is 5.23. The number of hydrogen-bond donors (Lipinski definition) is 0. The van der Waals surface area contributed by atoms with Crippen molar-refractivity contribution in [3.05, 3.63) is 87.9 Å². The van der Waals surface area contributed by atoms with Crippen LogP contribution in [0.5, 0.6) is 5.75 Å². The van der Waals surface area contributed by atoms with Crippen LogP contribution in [0.3, 0.4) is 0 Å². The number of aryl methyl sites for hydroxylation is 3. The van der Waals surface area contributed by atoms with Crippen molar-refractivity contribution in [3.8, 4) is 5.75 Å². The lowest BCUT2D eigenvalue weighted by atomic mass is 9.98. The lowest BCUT2D eigenvalue weighted by Crippen LogP contribution is -2.40. The Labute approximate surface area is 201 Å². The number of halogens is 1. The number of carbonyl (C=O) groups excluding carboxylic acids is 1. The molecule has 0 aliphatic rings. The quantitative estimate of drug-likeness (QED) is 0.400. The summed E-state index contributed by atoms with van der Waals surface area (Å²) in [7, 11) is -4.19. The molecule has 0 fully saturated rings. The van der Waals surface area contributed by atoms with Gasteiger partial charge in [-0.15, -0.1) is 0 Å². The van der Waals surface area contributed by atoms with Crippen LogP contribution in [-0.2, 0) is 14.8 Å². The number of nitrogens with zero attached hydrogens (tertiary/aromatic N) is 1. The van der Waals surface area contributed by atoms with Gasteiger partial charge in [0.1, 0.15) is 5.75 Å². The summed E-state index contributed by atoms with van der Waals surface area (Å²) in [6, 6.07) is 16.7. The Morgan fingerprint density at radius 2 is 1.61 bits per heavy atom. The fourth-order valence-electron chi connectivity index (χ4n) is 3.64. The Morgan fingerprint density at radius 3 is 2.21 bits per heavy atom. The second-order valence-electron chi connectivity index (χ2n) is 8.37. The van der Waals surface area contributed by atoms with E-state index >= 15 is 0 Å². The third-order valence-electron chi connectivity index (χ3n) is 5.39. The summed E-state index contributed by atoms with van der Waals surface area (Å²) >= 11 is 5.93. The molecule has 0 unspecified atom stereocenters. The second kappa shape index (κ2) is 9.98. The van der Waals surface area contributed by atoms with Gasteiger partial charge in [0.2, 0.25) is 0 Å². The Morgan fingerprint density at radius 1 is 0.939 bits per heavy atom. The number of anilines is 1. The molecule has 3 aromatic rings. The molecule has 0 atom stereocenters. The van der Waals surface area contributed by atoms with Gasteiger partial charge in [0, 0.05) is 5.02 Å². The fraction of sp³-hybridized carbons (Fsp3) is 0.269. The molecule has 174 valence electrons. The van der Waals surface area contributed by atoms with E-state index < -0.39 is 22.5 Å². The maximum Gasteiger partial charge on any atom is 0.278 e. The van der Waals surface area contributed by atoms with Crippen LogP contribution in [0, 0.1) is 20.8 Å². The summed E-state index contributed by atoms with van der Waals surface area (Å²) in [4.78, 5) is 13.3. The van der Waals surface area contributed by atoms with Crippen LogP contribution in [0.1, 0.15) is 42.0 Å². The predicted molar refractivity (Wildman–Crippen MR) is 133 cm³/mol. The predicted octanol–water partition coefficient (Wildman–Crippen LogP) is 6.19. The Kier molecular flexibility index (Phi) is 7.50. The first-order valence-electron chi connectivity index (χ1n) is 10.6. The molecule has 0 saturated heterocycles. The Hall–Kier alpha value is -2.83. The van der Waals surface area contributed by atoms with Crippen molar-refractivity contribution in [1.29, 1.82) is 0 Å². The van der Waals surface area contributed by atoms with Crippen LogP contribution in [0.25, 0.3) is 0 Å². The number of carbonyl (C=O) groups is 1. The van der Waals surface area contributed by atoms with Gasteiger partial charge in [0.15, 0.2) is 6.61 Å². The molecule has 0 aliphatic heterocycles. The zero-order valence-corrected chi connectivity index (χ0v) is 21.0. The van der Waals surface area contributed by atoms with Crippen LogP contribution in [0.15, 0.2) is 65.6 Å². The van der Waals surface area contributed by atoms with Gasteiger partial charge in [0.05, 0.1) is 10.6 Å². The van der Waals surface area contributed by atoms with Crippen LogP contribution >= 0.6 is 11.6 Å². The molecule has 3 rings (SSSR count). The lowest BCUT2D eigenvalue weighted by molar-refractivity contribution is -0.119. The minimum absolute atomic E-state index is 0.0294. The summed E-state index contributed by atoms with van der Waals surface area (Å²) in [5, 5.41) is 0.405. The van der Waals surface area contributed by atoms with Gasteiger partial charge in [-0.2, -0.15) is 4.31 Å². The molecular formula is C26H28ClNO4S. The number of amides is 1. The zero-order valence-electron chi connectivity index (χ0n) is 19.4. The molecule has 0 aromatic heterocycles. The van der Waals surface area contributed by atoms with Crippen molar-refractivity contribution in [2.24, 2.45) is 0 Å². The summed E-state index contributed by atoms with van der Waals surface area (Å²) in [5.74, 6) is 0.185. The van der Waals surface area contributed by atoms with Crippen molar-refractivity contribution in [2.75, 3.05) is 10.9 Å². The largest absolute Gasteiger partial charge is 0.484 e. The van der Waals surface area contributed by atoms with Gasteiger partial charge < -0.3 is 4.74 Å². The molecule has 3 aromatic carbocycles. The van der Waals surface area contributed by atoms with E-state index in [1.54, 1.807) is 25.1 Å². The summed E-state index contributed by atoms with van der Waals surface area (Å²) < 4.78 is 33.6. The third-order valence-corrected chi connectivity index (χ3v) is 7.39. The highest BCUT2D eigenvalue weighted by Crippen LogP contribution is 2.29. The highest BCUT2D eigenvalue weighted by atomic mass is 35.5. The minimum Gasteiger partial charge on any atom is -0.484 e. The Bertz CT molecular complexity index is 1270. The molecule has 0 radical (unpaired) electrons. The molecule has 0 saturated carbocycles. The monoisotopic (exact) mass is 485 g/mol. The molecule has 0 bridgehead atoms. The first-order chi connectivity index (χ1) is 15.5. The third kappa shape index (κ3) is 5.57. The average molecular weight is 486 g/mol. The molecule has 0 N–H and O–H groups in total. The maximum atomic E-state index is 13.5. The average Bonchev–Trinajstić information content (AvgIpc) is 2.75. The number of rotatable bonds is 7. The van der Waals surface area contributed by atoms with Crippen LogP contribution in [0.4, 0.5) is 5.69 Å². The van der Waals surface area contributed by atoms with Crippen molar-refractivity contribution in [1.82, 2.24) is 0 Å². The highest BCUT2D eigenvalue weighted by molar-refractivity contribution is 7.93. The Balaban J connectivity index is 1.97. The number of benzene rings is 3. The van der Waals surface area contributed by atoms with Crippen molar-refractivity contribution < 1.29 is 17.9 Å². The van der Waals surface area contributed by atoms with E-state index in [0.29, 0.717) is 27.9 Å². The first-order valence-corrected chi connectivity index (χ1v) is 12.5. The molecule has 33 heavy (non-hydrogen) atoms. The summed E-state index contributed by atoms with van der Waals surface area (Å²) in [5.41, 5.74) is 4.03. The van der Waals surface area contributed by atoms with Crippen molar-refractivity contribution in [3.63, 3.8) is 0 Å². The van der Waals surface area contributed by atoms with E-state index in [1.165, 1.54) is 29.8 Å². The van der Waals surface area contributed by atoms with E-state index in [9.17, 15) is 13.2 Å². The van der Waals surface area contributed by atoms with Crippen LogP contribution < -0.4 is 9.04 Å². The van der Waals surface area contributed by atoms with Crippen molar-refractivity contribution in [2.45, 2.75) is 45.4 Å². The summed E-state index contributed by atoms with van der Waals surface area (Å²) in [6.07, 6.45) is 0. The van der Waals surface area contributed by atoms with Gasteiger partial charge in [-0.1, -0.05) is 43.6 Å². The van der Waals surface area contributed by atoms with Crippen LogP contribution in [-0.4, -0.2) is 20.9 Å². The molecule has 7 heteroatoms.